The third-order valence-corrected chi connectivity index (χ3v) is 5.29. The van der Waals surface area contributed by atoms with E-state index in [1.165, 1.54) is 0 Å². The Bertz CT molecular complexity index is 690. The van der Waals surface area contributed by atoms with E-state index in [0.29, 0.717) is 11.6 Å². The lowest BCUT2D eigenvalue weighted by Gasteiger charge is -2.13. The zero-order valence-electron chi connectivity index (χ0n) is 13.7. The largest absolute Gasteiger partial charge is 0.354 e. The highest BCUT2D eigenvalue weighted by Gasteiger charge is 2.16. The van der Waals surface area contributed by atoms with Crippen LogP contribution in [0.15, 0.2) is 10.7 Å². The third kappa shape index (κ3) is 4.14. The molecule has 0 aliphatic heterocycles. The minimum Gasteiger partial charge on any atom is -0.354 e. The third-order valence-electron chi connectivity index (χ3n) is 3.77. The van der Waals surface area contributed by atoms with E-state index in [9.17, 15) is 4.79 Å². The molecule has 1 atom stereocenters. The summed E-state index contributed by atoms with van der Waals surface area (Å²) < 4.78 is 4.58. The number of carbonyl (C=O) groups is 1. The molecule has 0 bridgehead atoms. The molecule has 126 valence electrons. The zero-order chi connectivity index (χ0) is 17.1. The topological polar surface area (TPSA) is 64.7 Å². The van der Waals surface area contributed by atoms with Crippen molar-refractivity contribution in [1.82, 2.24) is 24.9 Å². The molecular weight excluding hydrogens is 382 g/mol. The Morgan fingerprint density at radius 3 is 2.57 bits per heavy atom. The number of hydrogen-bond donors (Lipinski definition) is 1. The first-order chi connectivity index (χ1) is 10.8. The fraction of sp³-hybridized carbons (Fsp3) is 0.533. The molecule has 6 nitrogen and oxygen atoms in total. The molecule has 0 aliphatic rings. The summed E-state index contributed by atoms with van der Waals surface area (Å²) in [7, 11) is 0. The van der Waals surface area contributed by atoms with Crippen molar-refractivity contribution in [3.05, 3.63) is 32.8 Å². The molecular formula is C15H21BrClN5O. The van der Waals surface area contributed by atoms with Gasteiger partial charge in [0.25, 0.3) is 0 Å². The first-order valence-corrected chi connectivity index (χ1v) is 8.66. The minimum absolute atomic E-state index is 0.0706. The van der Waals surface area contributed by atoms with Crippen LogP contribution < -0.4 is 5.32 Å². The molecule has 0 saturated heterocycles. The van der Waals surface area contributed by atoms with Crippen LogP contribution in [0.2, 0.25) is 5.02 Å². The van der Waals surface area contributed by atoms with Gasteiger partial charge in [0.1, 0.15) is 6.04 Å². The smallest absolute Gasteiger partial charge is 0.244 e. The summed E-state index contributed by atoms with van der Waals surface area (Å²) in [5.41, 5.74) is 2.80. The van der Waals surface area contributed by atoms with Crippen LogP contribution in [-0.2, 0) is 11.3 Å². The van der Waals surface area contributed by atoms with Crippen molar-refractivity contribution in [2.24, 2.45) is 0 Å². The molecule has 0 aliphatic carbocycles. The lowest BCUT2D eigenvalue weighted by molar-refractivity contribution is -0.124. The van der Waals surface area contributed by atoms with Gasteiger partial charge in [-0.2, -0.15) is 10.2 Å². The van der Waals surface area contributed by atoms with Crippen LogP contribution in [-0.4, -0.2) is 32.0 Å². The normalized spacial score (nSPS) is 12.4. The number of nitrogens with one attached hydrogen (secondary N) is 1. The van der Waals surface area contributed by atoms with Crippen molar-refractivity contribution in [3.63, 3.8) is 0 Å². The Kier molecular flexibility index (Phi) is 5.86. The number of rotatable bonds is 6. The second kappa shape index (κ2) is 7.49. The van der Waals surface area contributed by atoms with Crippen molar-refractivity contribution in [2.75, 3.05) is 6.54 Å². The van der Waals surface area contributed by atoms with Gasteiger partial charge in [-0.1, -0.05) is 11.6 Å². The number of aryl methyl sites for hydroxylation is 3. The van der Waals surface area contributed by atoms with Gasteiger partial charge in [0, 0.05) is 25.0 Å². The van der Waals surface area contributed by atoms with Crippen molar-refractivity contribution in [2.45, 2.75) is 46.7 Å². The highest BCUT2D eigenvalue weighted by molar-refractivity contribution is 9.10. The predicted molar refractivity (Wildman–Crippen MR) is 93.7 cm³/mol. The molecule has 0 saturated carbocycles. The Hall–Kier alpha value is -1.34. The van der Waals surface area contributed by atoms with E-state index >= 15 is 0 Å². The average Bonchev–Trinajstić information content (AvgIpc) is 2.97. The summed E-state index contributed by atoms with van der Waals surface area (Å²) in [6.07, 6.45) is 2.49. The van der Waals surface area contributed by atoms with Gasteiger partial charge in [-0.15, -0.1) is 0 Å². The van der Waals surface area contributed by atoms with E-state index < -0.39 is 0 Å². The molecule has 23 heavy (non-hydrogen) atoms. The maximum absolute atomic E-state index is 12.2. The van der Waals surface area contributed by atoms with Crippen molar-refractivity contribution >= 4 is 33.4 Å². The number of carbonyl (C=O) groups excluding carboxylic acids is 1. The summed E-state index contributed by atoms with van der Waals surface area (Å²) in [6.45, 7) is 8.96. The van der Waals surface area contributed by atoms with Gasteiger partial charge in [0.05, 0.1) is 20.9 Å². The fourth-order valence-corrected chi connectivity index (χ4v) is 2.68. The highest BCUT2D eigenvalue weighted by atomic mass is 79.9. The van der Waals surface area contributed by atoms with E-state index in [4.69, 9.17) is 11.6 Å². The molecule has 1 N–H and O–H groups in total. The minimum atomic E-state index is -0.385. The molecule has 0 aromatic carbocycles. The Labute approximate surface area is 149 Å². The highest BCUT2D eigenvalue weighted by Crippen LogP contribution is 2.19. The van der Waals surface area contributed by atoms with Crippen molar-refractivity contribution in [1.29, 1.82) is 0 Å². The van der Waals surface area contributed by atoms with Crippen LogP contribution in [0.5, 0.6) is 0 Å². The van der Waals surface area contributed by atoms with Crippen LogP contribution in [0.25, 0.3) is 0 Å². The van der Waals surface area contributed by atoms with E-state index in [-0.39, 0.29) is 11.9 Å². The molecule has 0 radical (unpaired) electrons. The maximum Gasteiger partial charge on any atom is 0.244 e. The lowest BCUT2D eigenvalue weighted by atomic mass is 10.3. The molecule has 2 heterocycles. The molecule has 2 rings (SSSR count). The van der Waals surface area contributed by atoms with E-state index in [1.807, 2.05) is 25.5 Å². The second-order valence-electron chi connectivity index (χ2n) is 5.57. The Morgan fingerprint density at radius 2 is 2.04 bits per heavy atom. The van der Waals surface area contributed by atoms with Crippen molar-refractivity contribution < 1.29 is 4.79 Å². The molecule has 0 fully saturated rings. The van der Waals surface area contributed by atoms with Crippen LogP contribution in [0.3, 0.4) is 0 Å². The van der Waals surface area contributed by atoms with Crippen LogP contribution in [0.1, 0.15) is 36.5 Å². The Balaban J connectivity index is 1.81. The molecule has 1 unspecified atom stereocenters. The lowest BCUT2D eigenvalue weighted by Crippen LogP contribution is -2.32. The van der Waals surface area contributed by atoms with E-state index in [0.717, 1.165) is 34.5 Å². The fourth-order valence-electron chi connectivity index (χ4n) is 2.26. The van der Waals surface area contributed by atoms with Crippen LogP contribution in [0, 0.1) is 20.8 Å². The van der Waals surface area contributed by atoms with Gasteiger partial charge in [-0.3, -0.25) is 14.2 Å². The van der Waals surface area contributed by atoms with Gasteiger partial charge < -0.3 is 5.32 Å². The molecule has 0 spiro atoms. The van der Waals surface area contributed by atoms with Crippen LogP contribution in [0.4, 0.5) is 0 Å². The van der Waals surface area contributed by atoms with Gasteiger partial charge in [0.15, 0.2) is 0 Å². The first-order valence-electron chi connectivity index (χ1n) is 7.49. The summed E-state index contributed by atoms with van der Waals surface area (Å²) in [6, 6.07) is -0.385. The maximum atomic E-state index is 12.2. The average molecular weight is 403 g/mol. The van der Waals surface area contributed by atoms with E-state index in [2.05, 4.69) is 31.4 Å². The summed E-state index contributed by atoms with van der Waals surface area (Å²) in [4.78, 5) is 12.2. The number of amides is 1. The number of aromatic nitrogens is 4. The van der Waals surface area contributed by atoms with Gasteiger partial charge in [-0.25, -0.2) is 0 Å². The van der Waals surface area contributed by atoms with Gasteiger partial charge >= 0.3 is 0 Å². The second-order valence-corrected chi connectivity index (χ2v) is 6.77. The predicted octanol–water partition coefficient (Wildman–Crippen LogP) is 3.19. The number of hydrogen-bond acceptors (Lipinski definition) is 3. The SMILES string of the molecule is Cc1nn(C(C)C(=O)NCCCn2nc(C)c(Br)c2C)cc1Cl. The quantitative estimate of drug-likeness (QED) is 0.755. The number of nitrogens with zero attached hydrogens (tertiary/aromatic N) is 4. The Morgan fingerprint density at radius 1 is 1.35 bits per heavy atom. The summed E-state index contributed by atoms with van der Waals surface area (Å²) >= 11 is 9.49. The first kappa shape index (κ1) is 18.0. The molecule has 1 amide bonds. The van der Waals surface area contributed by atoms with E-state index in [1.54, 1.807) is 17.8 Å². The molecule has 2 aromatic heterocycles. The monoisotopic (exact) mass is 401 g/mol. The molecule has 8 heteroatoms. The van der Waals surface area contributed by atoms with Gasteiger partial charge in [0.2, 0.25) is 5.91 Å². The van der Waals surface area contributed by atoms with Gasteiger partial charge in [-0.05, 0) is 50.0 Å². The van der Waals surface area contributed by atoms with Crippen molar-refractivity contribution in [3.8, 4) is 0 Å². The molecule has 2 aromatic rings. The standard InChI is InChI=1S/C15H21BrClN5O/c1-9-13(17)8-22(19-9)12(4)15(23)18-6-5-7-21-11(3)14(16)10(2)20-21/h8,12H,5-7H2,1-4H3,(H,18,23). The summed E-state index contributed by atoms with van der Waals surface area (Å²) in [5, 5.41) is 12.2. The summed E-state index contributed by atoms with van der Waals surface area (Å²) in [5.74, 6) is -0.0706. The van der Waals surface area contributed by atoms with Crippen LogP contribution >= 0.6 is 27.5 Å². The zero-order valence-corrected chi connectivity index (χ0v) is 16.1. The number of halogens is 2.